The van der Waals surface area contributed by atoms with Crippen molar-refractivity contribution in [2.24, 2.45) is 0 Å². The van der Waals surface area contributed by atoms with Gasteiger partial charge in [0.2, 0.25) is 0 Å². The van der Waals surface area contributed by atoms with E-state index in [1.54, 1.807) is 0 Å². The molecule has 1 atom stereocenters. The summed E-state index contributed by atoms with van der Waals surface area (Å²) in [6, 6.07) is 4.13. The van der Waals surface area contributed by atoms with E-state index in [2.05, 4.69) is 37.0 Å². The molecule has 1 aliphatic rings. The summed E-state index contributed by atoms with van der Waals surface area (Å²) < 4.78 is 0. The summed E-state index contributed by atoms with van der Waals surface area (Å²) >= 11 is 0. The number of rotatable bonds is 1. The third-order valence-corrected chi connectivity index (χ3v) is 3.83. The van der Waals surface area contributed by atoms with Crippen LogP contribution in [0, 0.1) is 6.92 Å². The molecule has 0 saturated carbocycles. The van der Waals surface area contributed by atoms with Crippen molar-refractivity contribution in [1.82, 2.24) is 4.98 Å². The average Bonchev–Trinajstić information content (AvgIpc) is 2.20. The van der Waals surface area contributed by atoms with Gasteiger partial charge in [-0.1, -0.05) is 26.8 Å². The van der Waals surface area contributed by atoms with Gasteiger partial charge in [0.15, 0.2) is 0 Å². The Morgan fingerprint density at radius 2 is 2.21 bits per heavy atom. The second-order valence-electron chi connectivity index (χ2n) is 3.51. The molecule has 72 valence electrons. The molecule has 2 rings (SSSR count). The number of pyridine rings is 1. The molecule has 14 heavy (non-hydrogen) atoms. The first-order valence-corrected chi connectivity index (χ1v) is 6.03. The molecule has 0 aliphatic carbocycles. The van der Waals surface area contributed by atoms with Gasteiger partial charge in [-0.2, -0.15) is 0 Å². The van der Waals surface area contributed by atoms with Gasteiger partial charge in [-0.15, -0.1) is 0 Å². The summed E-state index contributed by atoms with van der Waals surface area (Å²) in [4.78, 5) is 4.47. The summed E-state index contributed by atoms with van der Waals surface area (Å²) in [7, 11) is 0.877. The fourth-order valence-corrected chi connectivity index (χ4v) is 2.87. The molecule has 1 aromatic rings. The van der Waals surface area contributed by atoms with Gasteiger partial charge in [-0.25, -0.2) is 0 Å². The monoisotopic (exact) mass is 203 g/mol. The van der Waals surface area contributed by atoms with Crippen molar-refractivity contribution in [3.63, 3.8) is 0 Å². The Balaban J connectivity index is 2.49. The first-order valence-electron chi connectivity index (χ1n) is 4.82. The molecule has 1 unspecified atom stereocenters. The van der Waals surface area contributed by atoms with Crippen molar-refractivity contribution in [2.75, 3.05) is 6.16 Å². The predicted octanol–water partition coefficient (Wildman–Crippen LogP) is 3.37. The molecule has 1 aliphatic heterocycles. The van der Waals surface area contributed by atoms with Crippen molar-refractivity contribution in [3.05, 3.63) is 47.3 Å². The fourth-order valence-electron chi connectivity index (χ4n) is 1.64. The smallest absolute Gasteiger partial charge is 0.0735 e. The van der Waals surface area contributed by atoms with Crippen LogP contribution in [0.4, 0.5) is 0 Å². The zero-order valence-electron chi connectivity index (χ0n) is 8.54. The second-order valence-corrected chi connectivity index (χ2v) is 4.77. The van der Waals surface area contributed by atoms with Gasteiger partial charge in [-0.3, -0.25) is 4.98 Å². The first kappa shape index (κ1) is 9.61. The quantitative estimate of drug-likeness (QED) is 0.638. The topological polar surface area (TPSA) is 12.9 Å². The third kappa shape index (κ3) is 1.78. The Morgan fingerprint density at radius 1 is 1.36 bits per heavy atom. The van der Waals surface area contributed by atoms with Crippen LogP contribution in [0.25, 0.3) is 5.31 Å². The summed E-state index contributed by atoms with van der Waals surface area (Å²) in [5.74, 6) is 0. The maximum absolute atomic E-state index is 4.47. The molecule has 0 spiro atoms. The zero-order valence-corrected chi connectivity index (χ0v) is 9.54. The number of aromatic nitrogens is 1. The molecule has 2 heteroatoms. The first-order chi connectivity index (χ1) is 6.79. The summed E-state index contributed by atoms with van der Waals surface area (Å²) in [6.07, 6.45) is 7.50. The molecular weight excluding hydrogens is 189 g/mol. The highest BCUT2D eigenvalue weighted by molar-refractivity contribution is 7.50. The van der Waals surface area contributed by atoms with Gasteiger partial charge < -0.3 is 0 Å². The Bertz CT molecular complexity index is 405. The van der Waals surface area contributed by atoms with Gasteiger partial charge in [-0.05, 0) is 37.2 Å². The Labute approximate surface area is 86.7 Å². The lowest BCUT2D eigenvalue weighted by Gasteiger charge is -2.14. The number of hydrogen-bond donors (Lipinski definition) is 0. The molecule has 2 heterocycles. The zero-order chi connectivity index (χ0) is 9.97. The molecule has 0 radical (unpaired) electrons. The predicted molar refractivity (Wildman–Crippen MR) is 63.9 cm³/mol. The van der Waals surface area contributed by atoms with Crippen LogP contribution < -0.4 is 0 Å². The van der Waals surface area contributed by atoms with E-state index in [-0.39, 0.29) is 0 Å². The molecule has 1 aromatic heterocycles. The number of hydrogen-bond acceptors (Lipinski definition) is 1. The maximum atomic E-state index is 4.47. The average molecular weight is 203 g/mol. The molecule has 0 fully saturated rings. The lowest BCUT2D eigenvalue weighted by atomic mass is 10.1. The van der Waals surface area contributed by atoms with E-state index in [0.717, 1.165) is 8.58 Å². The summed E-state index contributed by atoms with van der Waals surface area (Å²) in [6.45, 7) is 4.30. The van der Waals surface area contributed by atoms with Crippen LogP contribution >= 0.6 is 8.58 Å². The summed E-state index contributed by atoms with van der Waals surface area (Å²) in [5, 5.41) is 1.44. The van der Waals surface area contributed by atoms with E-state index in [1.807, 2.05) is 12.3 Å². The lowest BCUT2D eigenvalue weighted by molar-refractivity contribution is 1.22. The Kier molecular flexibility index (Phi) is 2.79. The van der Waals surface area contributed by atoms with Crippen LogP contribution in [0.15, 0.2) is 36.1 Å². The highest BCUT2D eigenvalue weighted by Crippen LogP contribution is 2.39. The van der Waals surface area contributed by atoms with Gasteiger partial charge in [0.1, 0.15) is 0 Å². The second kappa shape index (κ2) is 4.06. The van der Waals surface area contributed by atoms with Crippen LogP contribution in [-0.4, -0.2) is 11.1 Å². The van der Waals surface area contributed by atoms with E-state index in [4.69, 9.17) is 0 Å². The van der Waals surface area contributed by atoms with Crippen molar-refractivity contribution < 1.29 is 0 Å². The van der Waals surface area contributed by atoms with Gasteiger partial charge in [0, 0.05) is 11.5 Å². The molecular formula is C12H14NP. The van der Waals surface area contributed by atoms with Gasteiger partial charge >= 0.3 is 0 Å². The molecule has 0 saturated heterocycles. The number of allylic oxidation sites excluding steroid dienone is 3. The molecule has 0 amide bonds. The molecule has 0 aromatic carbocycles. The van der Waals surface area contributed by atoms with Crippen molar-refractivity contribution in [1.29, 1.82) is 0 Å². The number of aryl methyl sites for hydroxylation is 1. The third-order valence-electron chi connectivity index (χ3n) is 2.41. The molecule has 0 N–H and O–H groups in total. The van der Waals surface area contributed by atoms with Crippen molar-refractivity contribution in [3.8, 4) is 0 Å². The number of nitrogens with zero attached hydrogens (tertiary/aromatic N) is 1. The minimum absolute atomic E-state index is 0.877. The maximum Gasteiger partial charge on any atom is 0.0735 e. The van der Waals surface area contributed by atoms with E-state index in [9.17, 15) is 0 Å². The van der Waals surface area contributed by atoms with Crippen LogP contribution in [0.1, 0.15) is 18.2 Å². The Hall–Kier alpha value is -0.940. The van der Waals surface area contributed by atoms with E-state index in [0.29, 0.717) is 0 Å². The molecule has 0 bridgehead atoms. The van der Waals surface area contributed by atoms with Crippen molar-refractivity contribution in [2.45, 2.75) is 13.8 Å². The largest absolute Gasteiger partial charge is 0.256 e. The standard InChI is InChI=1S/C12H14NP/c1-9-5-3-7-13-11(9)12-10(2)6-4-8-14-12/h3-7,14H,8H2,1-2H3. The van der Waals surface area contributed by atoms with Crippen molar-refractivity contribution >= 4 is 13.9 Å². The fraction of sp³-hybridized carbons (Fsp3) is 0.250. The highest BCUT2D eigenvalue weighted by Gasteiger charge is 2.10. The normalized spacial score (nSPS) is 17.9. The highest BCUT2D eigenvalue weighted by atomic mass is 31.1. The Morgan fingerprint density at radius 3 is 2.93 bits per heavy atom. The summed E-state index contributed by atoms with van der Waals surface area (Å²) in [5.41, 5.74) is 3.84. The van der Waals surface area contributed by atoms with E-state index in [1.165, 1.54) is 28.3 Å². The van der Waals surface area contributed by atoms with Gasteiger partial charge in [0.05, 0.1) is 5.69 Å². The van der Waals surface area contributed by atoms with Crippen LogP contribution in [0.5, 0.6) is 0 Å². The molecule has 1 nitrogen and oxygen atoms in total. The van der Waals surface area contributed by atoms with E-state index < -0.39 is 0 Å². The lowest BCUT2D eigenvalue weighted by Crippen LogP contribution is -1.94. The van der Waals surface area contributed by atoms with Crippen LogP contribution in [0.3, 0.4) is 0 Å². The minimum Gasteiger partial charge on any atom is -0.256 e. The van der Waals surface area contributed by atoms with Gasteiger partial charge in [0.25, 0.3) is 0 Å². The van der Waals surface area contributed by atoms with Crippen LogP contribution in [-0.2, 0) is 0 Å². The van der Waals surface area contributed by atoms with E-state index >= 15 is 0 Å². The minimum atomic E-state index is 0.877. The SMILES string of the molecule is CC1=C(c2ncccc2C)PCC=C1. The van der Waals surface area contributed by atoms with Crippen LogP contribution in [0.2, 0.25) is 0 Å².